The van der Waals surface area contributed by atoms with Crippen molar-refractivity contribution < 1.29 is 9.50 Å². The average Bonchev–Trinajstić information content (AvgIpc) is 2.24. The Morgan fingerprint density at radius 3 is 2.73 bits per heavy atom. The van der Waals surface area contributed by atoms with Crippen molar-refractivity contribution in [2.45, 2.75) is 18.9 Å². The number of rotatable bonds is 1. The lowest BCUT2D eigenvalue weighted by Crippen LogP contribution is -2.37. The van der Waals surface area contributed by atoms with Crippen LogP contribution >= 0.6 is 0 Å². The minimum absolute atomic E-state index is 0.133. The van der Waals surface area contributed by atoms with Crippen LogP contribution in [0.3, 0.4) is 0 Å². The highest BCUT2D eigenvalue weighted by molar-refractivity contribution is 5.48. The molecule has 3 N–H and O–H groups in total. The fourth-order valence-electron chi connectivity index (χ4n) is 1.67. The average molecular weight is 212 g/mol. The van der Waals surface area contributed by atoms with Crippen molar-refractivity contribution in [2.24, 2.45) is 0 Å². The Morgan fingerprint density at radius 2 is 2.07 bits per heavy atom. The van der Waals surface area contributed by atoms with Crippen LogP contribution in [0.15, 0.2) is 6.33 Å². The summed E-state index contributed by atoms with van der Waals surface area (Å²) >= 11 is 0. The second-order valence-corrected chi connectivity index (χ2v) is 3.61. The molecular weight excluding hydrogens is 199 g/mol. The van der Waals surface area contributed by atoms with Crippen LogP contribution in [-0.4, -0.2) is 34.3 Å². The third-order valence-electron chi connectivity index (χ3n) is 2.56. The zero-order chi connectivity index (χ0) is 10.8. The number of anilines is 2. The van der Waals surface area contributed by atoms with Crippen molar-refractivity contribution in [1.29, 1.82) is 0 Å². The normalized spacial score (nSPS) is 18.1. The second kappa shape index (κ2) is 3.98. The molecule has 0 spiro atoms. The van der Waals surface area contributed by atoms with Crippen molar-refractivity contribution in [1.82, 2.24) is 9.97 Å². The van der Waals surface area contributed by atoms with Crippen LogP contribution in [0.1, 0.15) is 12.8 Å². The van der Waals surface area contributed by atoms with Gasteiger partial charge in [-0.15, -0.1) is 0 Å². The number of piperidine rings is 1. The lowest BCUT2D eigenvalue weighted by atomic mass is 10.1. The number of aromatic nitrogens is 2. The van der Waals surface area contributed by atoms with E-state index in [0.717, 1.165) is 0 Å². The number of hydrogen-bond donors (Lipinski definition) is 2. The first-order valence-corrected chi connectivity index (χ1v) is 4.87. The maximum absolute atomic E-state index is 13.5. The van der Waals surface area contributed by atoms with Crippen molar-refractivity contribution in [3.05, 3.63) is 12.1 Å². The van der Waals surface area contributed by atoms with E-state index >= 15 is 0 Å². The van der Waals surface area contributed by atoms with E-state index in [2.05, 4.69) is 9.97 Å². The summed E-state index contributed by atoms with van der Waals surface area (Å²) in [5.41, 5.74) is 5.35. The fraction of sp³-hybridized carbons (Fsp3) is 0.556. The Kier molecular flexibility index (Phi) is 2.68. The molecule has 0 saturated carbocycles. The van der Waals surface area contributed by atoms with Gasteiger partial charge >= 0.3 is 0 Å². The molecule has 0 radical (unpaired) electrons. The summed E-state index contributed by atoms with van der Waals surface area (Å²) in [5.74, 6) is -0.477. The van der Waals surface area contributed by atoms with E-state index in [-0.39, 0.29) is 17.7 Å². The van der Waals surface area contributed by atoms with Crippen LogP contribution in [0.25, 0.3) is 0 Å². The molecule has 15 heavy (non-hydrogen) atoms. The molecule has 0 aromatic carbocycles. The van der Waals surface area contributed by atoms with Gasteiger partial charge in [0.15, 0.2) is 11.6 Å². The molecule has 0 bridgehead atoms. The van der Waals surface area contributed by atoms with E-state index in [9.17, 15) is 9.50 Å². The lowest BCUT2D eigenvalue weighted by Gasteiger charge is -2.30. The molecule has 1 fully saturated rings. The highest BCUT2D eigenvalue weighted by Crippen LogP contribution is 2.22. The molecular formula is C9H13FN4O. The van der Waals surface area contributed by atoms with Crippen LogP contribution in [-0.2, 0) is 0 Å². The lowest BCUT2D eigenvalue weighted by molar-refractivity contribution is 0.145. The van der Waals surface area contributed by atoms with Gasteiger partial charge in [-0.05, 0) is 12.8 Å². The molecule has 1 aromatic rings. The molecule has 0 amide bonds. The van der Waals surface area contributed by atoms with E-state index in [1.807, 2.05) is 0 Å². The van der Waals surface area contributed by atoms with E-state index in [0.29, 0.717) is 25.9 Å². The van der Waals surface area contributed by atoms with Gasteiger partial charge in [0.2, 0.25) is 5.82 Å². The van der Waals surface area contributed by atoms with Gasteiger partial charge in [-0.1, -0.05) is 0 Å². The SMILES string of the molecule is Nc1ncnc(N2CCC(O)CC2)c1F. The van der Waals surface area contributed by atoms with Gasteiger partial charge in [0, 0.05) is 13.1 Å². The van der Waals surface area contributed by atoms with E-state index < -0.39 is 5.82 Å². The molecule has 6 heteroatoms. The van der Waals surface area contributed by atoms with Gasteiger partial charge < -0.3 is 15.7 Å². The van der Waals surface area contributed by atoms with Crippen LogP contribution in [0.4, 0.5) is 16.0 Å². The maximum atomic E-state index is 13.5. The molecule has 1 aliphatic heterocycles. The molecule has 0 atom stereocenters. The first-order valence-electron chi connectivity index (χ1n) is 4.87. The molecule has 0 aliphatic carbocycles. The van der Waals surface area contributed by atoms with Crippen molar-refractivity contribution in [2.75, 3.05) is 23.7 Å². The Labute approximate surface area is 86.7 Å². The van der Waals surface area contributed by atoms with Gasteiger partial charge in [0.05, 0.1) is 6.10 Å². The number of nitrogen functional groups attached to an aromatic ring is 1. The monoisotopic (exact) mass is 212 g/mol. The molecule has 1 aromatic heterocycles. The first kappa shape index (κ1) is 10.1. The summed E-state index contributed by atoms with van der Waals surface area (Å²) < 4.78 is 13.5. The highest BCUT2D eigenvalue weighted by Gasteiger charge is 2.21. The molecule has 1 saturated heterocycles. The molecule has 2 heterocycles. The number of halogens is 1. The van der Waals surface area contributed by atoms with Crippen molar-refractivity contribution in [3.63, 3.8) is 0 Å². The summed E-state index contributed by atoms with van der Waals surface area (Å²) in [5, 5.41) is 9.32. The zero-order valence-corrected chi connectivity index (χ0v) is 8.23. The van der Waals surface area contributed by atoms with Crippen molar-refractivity contribution in [3.8, 4) is 0 Å². The van der Waals surface area contributed by atoms with Gasteiger partial charge in [-0.25, -0.2) is 9.97 Å². The van der Waals surface area contributed by atoms with Gasteiger partial charge in [-0.2, -0.15) is 4.39 Å². The second-order valence-electron chi connectivity index (χ2n) is 3.61. The molecule has 1 aliphatic rings. The summed E-state index contributed by atoms with van der Waals surface area (Å²) in [6.45, 7) is 1.18. The Balaban J connectivity index is 2.19. The van der Waals surface area contributed by atoms with Gasteiger partial charge in [0.25, 0.3) is 0 Å². The summed E-state index contributed by atoms with van der Waals surface area (Å²) in [4.78, 5) is 9.21. The summed E-state index contributed by atoms with van der Waals surface area (Å²) in [6, 6.07) is 0. The molecule has 5 nitrogen and oxygen atoms in total. The number of nitrogens with zero attached hydrogens (tertiary/aromatic N) is 3. The maximum Gasteiger partial charge on any atom is 0.207 e. The summed E-state index contributed by atoms with van der Waals surface area (Å²) in [7, 11) is 0. The van der Waals surface area contributed by atoms with Crippen LogP contribution < -0.4 is 10.6 Å². The smallest absolute Gasteiger partial charge is 0.207 e. The topological polar surface area (TPSA) is 75.3 Å². The minimum atomic E-state index is -0.575. The van der Waals surface area contributed by atoms with E-state index in [1.54, 1.807) is 4.90 Å². The summed E-state index contributed by atoms with van der Waals surface area (Å²) in [6.07, 6.45) is 2.22. The van der Waals surface area contributed by atoms with Crippen LogP contribution in [0.2, 0.25) is 0 Å². The zero-order valence-electron chi connectivity index (χ0n) is 8.23. The standard InChI is InChI=1S/C9H13FN4O/c10-7-8(11)12-5-13-9(7)14-3-1-6(15)2-4-14/h5-6,15H,1-4H2,(H2,11,12,13). The fourth-order valence-corrected chi connectivity index (χ4v) is 1.67. The Bertz CT molecular complexity index is 352. The third-order valence-corrected chi connectivity index (χ3v) is 2.56. The van der Waals surface area contributed by atoms with Crippen LogP contribution in [0, 0.1) is 5.82 Å². The Morgan fingerprint density at radius 1 is 1.40 bits per heavy atom. The molecule has 82 valence electrons. The quantitative estimate of drug-likeness (QED) is 0.693. The highest BCUT2D eigenvalue weighted by atomic mass is 19.1. The first-order chi connectivity index (χ1) is 7.18. The number of hydrogen-bond acceptors (Lipinski definition) is 5. The largest absolute Gasteiger partial charge is 0.393 e. The van der Waals surface area contributed by atoms with E-state index in [4.69, 9.17) is 5.73 Å². The minimum Gasteiger partial charge on any atom is -0.393 e. The number of aliphatic hydroxyl groups excluding tert-OH is 1. The number of nitrogens with two attached hydrogens (primary N) is 1. The predicted molar refractivity (Wildman–Crippen MR) is 53.9 cm³/mol. The van der Waals surface area contributed by atoms with Crippen LogP contribution in [0.5, 0.6) is 0 Å². The van der Waals surface area contributed by atoms with Gasteiger partial charge in [-0.3, -0.25) is 0 Å². The van der Waals surface area contributed by atoms with Crippen molar-refractivity contribution >= 4 is 11.6 Å². The predicted octanol–water partition coefficient (Wildman–Crippen LogP) is 0.159. The van der Waals surface area contributed by atoms with Gasteiger partial charge in [0.1, 0.15) is 6.33 Å². The number of aliphatic hydroxyl groups is 1. The van der Waals surface area contributed by atoms with E-state index in [1.165, 1.54) is 6.33 Å². The Hall–Kier alpha value is -1.43. The molecule has 0 unspecified atom stereocenters. The third kappa shape index (κ3) is 1.99. The molecule has 2 rings (SSSR count).